The first-order chi connectivity index (χ1) is 12.4. The van der Waals surface area contributed by atoms with Gasteiger partial charge in [-0.15, -0.1) is 0 Å². The van der Waals surface area contributed by atoms with Gasteiger partial charge in [-0.3, -0.25) is 4.79 Å². The molecule has 8 heteroatoms. The van der Waals surface area contributed by atoms with Crippen LogP contribution in [-0.4, -0.2) is 44.2 Å². The van der Waals surface area contributed by atoms with Gasteiger partial charge in [0.05, 0.1) is 19.0 Å². The number of hydrazone groups is 1. The zero-order valence-corrected chi connectivity index (χ0v) is 16.7. The summed E-state index contributed by atoms with van der Waals surface area (Å²) in [6, 6.07) is 16.9. The van der Waals surface area contributed by atoms with Crippen LogP contribution in [0.1, 0.15) is 11.1 Å². The van der Waals surface area contributed by atoms with Crippen molar-refractivity contribution in [1.29, 1.82) is 0 Å². The monoisotopic (exact) mass is 437 g/mol. The summed E-state index contributed by atoms with van der Waals surface area (Å²) >= 11 is 3.38. The molecule has 0 bridgehead atoms. The van der Waals surface area contributed by atoms with Crippen LogP contribution in [0, 0.1) is 0 Å². The van der Waals surface area contributed by atoms with Gasteiger partial charge in [0.2, 0.25) is 10.0 Å². The van der Waals surface area contributed by atoms with E-state index in [9.17, 15) is 13.2 Å². The van der Waals surface area contributed by atoms with E-state index < -0.39 is 15.9 Å². The van der Waals surface area contributed by atoms with Crippen LogP contribution in [0.4, 0.5) is 0 Å². The molecule has 26 heavy (non-hydrogen) atoms. The van der Waals surface area contributed by atoms with Gasteiger partial charge in [-0.05, 0) is 18.1 Å². The van der Waals surface area contributed by atoms with E-state index in [-0.39, 0.29) is 13.1 Å². The molecule has 0 fully saturated rings. The number of nitrogens with one attached hydrogen (secondary N) is 1. The van der Waals surface area contributed by atoms with E-state index in [1.807, 2.05) is 54.6 Å². The number of sulfonamides is 1. The molecular weight excluding hydrogens is 418 g/mol. The number of carbonyl (C=O) groups is 1. The number of rotatable bonds is 8. The fourth-order valence-corrected chi connectivity index (χ4v) is 3.37. The molecule has 6 nitrogen and oxygen atoms in total. The molecule has 0 unspecified atom stereocenters. The lowest BCUT2D eigenvalue weighted by molar-refractivity contribution is -0.121. The van der Waals surface area contributed by atoms with E-state index in [4.69, 9.17) is 0 Å². The number of amides is 1. The molecule has 0 saturated heterocycles. The summed E-state index contributed by atoms with van der Waals surface area (Å²) in [5.41, 5.74) is 4.17. The van der Waals surface area contributed by atoms with Crippen LogP contribution in [0.15, 0.2) is 64.2 Å². The Balaban J connectivity index is 1.93. The van der Waals surface area contributed by atoms with Crippen LogP contribution in [0.2, 0.25) is 0 Å². The molecule has 0 saturated carbocycles. The number of benzene rings is 2. The Kier molecular flexibility index (Phi) is 7.50. The van der Waals surface area contributed by atoms with Crippen molar-refractivity contribution in [2.75, 3.05) is 19.3 Å². The average Bonchev–Trinajstić information content (AvgIpc) is 2.60. The Morgan fingerprint density at radius 2 is 1.81 bits per heavy atom. The molecule has 1 N–H and O–H groups in total. The maximum absolute atomic E-state index is 12.0. The highest BCUT2D eigenvalue weighted by Crippen LogP contribution is 2.13. The summed E-state index contributed by atoms with van der Waals surface area (Å²) in [5.74, 6) is -0.494. The van der Waals surface area contributed by atoms with Gasteiger partial charge in [0, 0.05) is 16.6 Å². The van der Waals surface area contributed by atoms with Crippen LogP contribution in [0.25, 0.3) is 0 Å². The molecule has 0 aliphatic carbocycles. The minimum Gasteiger partial charge on any atom is -0.272 e. The fraction of sp³-hybridized carbons (Fsp3) is 0.222. The molecule has 0 aliphatic heterocycles. The largest absolute Gasteiger partial charge is 0.272 e. The molecule has 0 radical (unpaired) electrons. The summed E-state index contributed by atoms with van der Waals surface area (Å²) < 4.78 is 25.8. The summed E-state index contributed by atoms with van der Waals surface area (Å²) in [5, 5.41) is 3.88. The minimum atomic E-state index is -3.50. The smallest absolute Gasteiger partial charge is 0.255 e. The highest BCUT2D eigenvalue weighted by atomic mass is 79.9. The summed E-state index contributed by atoms with van der Waals surface area (Å²) in [7, 11) is -3.50. The number of hydrogen-bond acceptors (Lipinski definition) is 4. The molecule has 138 valence electrons. The molecule has 0 spiro atoms. The lowest BCUT2D eigenvalue weighted by Crippen LogP contribution is -2.40. The Morgan fingerprint density at radius 3 is 2.46 bits per heavy atom. The Morgan fingerprint density at radius 1 is 1.15 bits per heavy atom. The van der Waals surface area contributed by atoms with Crippen LogP contribution in [0.3, 0.4) is 0 Å². The molecule has 0 aromatic heterocycles. The fourth-order valence-electron chi connectivity index (χ4n) is 2.21. The highest BCUT2D eigenvalue weighted by molar-refractivity contribution is 9.10. The lowest BCUT2D eigenvalue weighted by Gasteiger charge is -2.18. The molecule has 0 aliphatic rings. The summed E-state index contributed by atoms with van der Waals surface area (Å²) in [6.45, 7) is -0.0524. The second kappa shape index (κ2) is 9.61. The maximum Gasteiger partial charge on any atom is 0.255 e. The molecule has 2 rings (SSSR count). The number of carbonyl (C=O) groups excluding carboxylic acids is 1. The first-order valence-corrected chi connectivity index (χ1v) is 10.6. The van der Waals surface area contributed by atoms with Gasteiger partial charge in [0.1, 0.15) is 0 Å². The van der Waals surface area contributed by atoms with Crippen molar-refractivity contribution in [3.8, 4) is 0 Å². The molecule has 2 aromatic carbocycles. The second-order valence-corrected chi connectivity index (χ2v) is 8.48. The topological polar surface area (TPSA) is 78.8 Å². The van der Waals surface area contributed by atoms with Gasteiger partial charge in [-0.1, -0.05) is 64.5 Å². The van der Waals surface area contributed by atoms with Crippen molar-refractivity contribution in [3.05, 3.63) is 70.2 Å². The van der Waals surface area contributed by atoms with Gasteiger partial charge < -0.3 is 0 Å². The molecule has 0 heterocycles. The normalized spacial score (nSPS) is 11.8. The third-order valence-electron chi connectivity index (χ3n) is 3.58. The highest BCUT2D eigenvalue weighted by Gasteiger charge is 2.19. The SMILES string of the molecule is CS(=O)(=O)N(CCc1ccccc1)CC(=O)N/N=C/c1ccccc1Br. The third kappa shape index (κ3) is 6.70. The van der Waals surface area contributed by atoms with Gasteiger partial charge in [-0.25, -0.2) is 13.8 Å². The zero-order chi connectivity index (χ0) is 19.0. The van der Waals surface area contributed by atoms with E-state index in [1.54, 1.807) is 0 Å². The van der Waals surface area contributed by atoms with Crippen molar-refractivity contribution in [2.24, 2.45) is 5.10 Å². The van der Waals surface area contributed by atoms with Crippen molar-refractivity contribution < 1.29 is 13.2 Å². The van der Waals surface area contributed by atoms with Gasteiger partial charge in [0.25, 0.3) is 5.91 Å². The van der Waals surface area contributed by atoms with Crippen molar-refractivity contribution in [3.63, 3.8) is 0 Å². The van der Waals surface area contributed by atoms with Crippen LogP contribution in [0.5, 0.6) is 0 Å². The Hall–Kier alpha value is -2.03. The van der Waals surface area contributed by atoms with Crippen LogP contribution < -0.4 is 5.43 Å². The second-order valence-electron chi connectivity index (χ2n) is 5.65. The van der Waals surface area contributed by atoms with E-state index in [1.165, 1.54) is 6.21 Å². The average molecular weight is 438 g/mol. The quantitative estimate of drug-likeness (QED) is 0.508. The number of hydrogen-bond donors (Lipinski definition) is 1. The van der Waals surface area contributed by atoms with E-state index >= 15 is 0 Å². The third-order valence-corrected chi connectivity index (χ3v) is 5.55. The van der Waals surface area contributed by atoms with Crippen molar-refractivity contribution in [2.45, 2.75) is 6.42 Å². The first kappa shape index (κ1) is 20.3. The first-order valence-electron chi connectivity index (χ1n) is 7.92. The lowest BCUT2D eigenvalue weighted by atomic mass is 10.1. The zero-order valence-electron chi connectivity index (χ0n) is 14.3. The molecule has 1 amide bonds. The molecular formula is C18H20BrN3O3S. The standard InChI is InChI=1S/C18H20BrN3O3S/c1-26(24,25)22(12-11-15-7-3-2-4-8-15)14-18(23)21-20-13-16-9-5-6-10-17(16)19/h2-10,13H,11-12,14H2,1H3,(H,21,23)/b20-13+. The van der Waals surface area contributed by atoms with Gasteiger partial charge >= 0.3 is 0 Å². The maximum atomic E-state index is 12.0. The van der Waals surface area contributed by atoms with E-state index in [0.717, 1.165) is 26.2 Å². The predicted octanol–water partition coefficient (Wildman–Crippen LogP) is 2.40. The van der Waals surface area contributed by atoms with Crippen LogP contribution in [-0.2, 0) is 21.2 Å². The van der Waals surface area contributed by atoms with Gasteiger partial charge in [-0.2, -0.15) is 9.41 Å². The Labute approximate surface area is 162 Å². The molecule has 2 aromatic rings. The summed E-state index contributed by atoms with van der Waals surface area (Å²) in [4.78, 5) is 12.0. The molecule has 0 atom stereocenters. The number of halogens is 1. The van der Waals surface area contributed by atoms with Crippen molar-refractivity contribution in [1.82, 2.24) is 9.73 Å². The van der Waals surface area contributed by atoms with Crippen LogP contribution >= 0.6 is 15.9 Å². The minimum absolute atomic E-state index is 0.226. The number of nitrogens with zero attached hydrogens (tertiary/aromatic N) is 2. The van der Waals surface area contributed by atoms with Crippen molar-refractivity contribution >= 4 is 38.1 Å². The van der Waals surface area contributed by atoms with E-state index in [0.29, 0.717) is 6.42 Å². The van der Waals surface area contributed by atoms with Gasteiger partial charge in [0.15, 0.2) is 0 Å². The summed E-state index contributed by atoms with van der Waals surface area (Å²) in [6.07, 6.45) is 3.12. The van der Waals surface area contributed by atoms with E-state index in [2.05, 4.69) is 26.5 Å². The Bertz CT molecular complexity index is 870. The predicted molar refractivity (Wildman–Crippen MR) is 106 cm³/mol.